The zero-order valence-corrected chi connectivity index (χ0v) is 12.8. The fraction of sp³-hybridized carbons (Fsp3) is 0.462. The van der Waals surface area contributed by atoms with Gasteiger partial charge in [0.1, 0.15) is 0 Å². The lowest BCUT2D eigenvalue weighted by atomic mass is 10.4. The van der Waals surface area contributed by atoms with Gasteiger partial charge >= 0.3 is 0 Å². The molecule has 1 fully saturated rings. The second kappa shape index (κ2) is 6.11. The molecule has 1 heterocycles. The molecule has 1 aliphatic rings. The topological polar surface area (TPSA) is 57.7 Å². The number of likely N-dealkylation sites (N-methyl/N-ethyl adjacent to an activating group) is 1. The molecular formula is C13H17ClN2O3S. The third-order valence-electron chi connectivity index (χ3n) is 3.34. The third kappa shape index (κ3) is 3.31. The fourth-order valence-electron chi connectivity index (χ4n) is 2.13. The van der Waals surface area contributed by atoms with Gasteiger partial charge in [-0.05, 0) is 37.1 Å². The molecule has 5 nitrogen and oxygen atoms in total. The summed E-state index contributed by atoms with van der Waals surface area (Å²) in [4.78, 5) is 13.8. The Hall–Kier alpha value is -1.11. The minimum atomic E-state index is -3.65. The zero-order chi connectivity index (χ0) is 14.8. The summed E-state index contributed by atoms with van der Waals surface area (Å²) in [7, 11) is -2.24. The number of amides is 1. The molecule has 0 atom stereocenters. The molecule has 0 radical (unpaired) electrons. The monoisotopic (exact) mass is 316 g/mol. The van der Waals surface area contributed by atoms with Gasteiger partial charge in [0.15, 0.2) is 0 Å². The maximum Gasteiger partial charge on any atom is 0.243 e. The van der Waals surface area contributed by atoms with E-state index in [-0.39, 0.29) is 17.3 Å². The summed E-state index contributed by atoms with van der Waals surface area (Å²) in [5.41, 5.74) is 0. The van der Waals surface area contributed by atoms with Crippen LogP contribution in [0.25, 0.3) is 0 Å². The summed E-state index contributed by atoms with van der Waals surface area (Å²) in [5, 5.41) is 0.472. The first-order chi connectivity index (χ1) is 9.41. The smallest absolute Gasteiger partial charge is 0.243 e. The van der Waals surface area contributed by atoms with Crippen LogP contribution in [0, 0.1) is 0 Å². The Morgan fingerprint density at radius 1 is 1.25 bits per heavy atom. The van der Waals surface area contributed by atoms with Crippen LogP contribution in [0.1, 0.15) is 12.8 Å². The van der Waals surface area contributed by atoms with Crippen molar-refractivity contribution in [3.63, 3.8) is 0 Å². The number of hydrogen-bond donors (Lipinski definition) is 0. The van der Waals surface area contributed by atoms with Crippen molar-refractivity contribution in [1.29, 1.82) is 0 Å². The Bertz CT molecular complexity index is 580. The van der Waals surface area contributed by atoms with Crippen molar-refractivity contribution in [1.82, 2.24) is 9.21 Å². The maximum absolute atomic E-state index is 12.3. The normalized spacial score (nSPS) is 15.8. The predicted octanol–water partition coefficient (Wildman–Crippen LogP) is 1.58. The second-order valence-electron chi connectivity index (χ2n) is 4.80. The molecule has 0 unspecified atom stereocenters. The van der Waals surface area contributed by atoms with Crippen molar-refractivity contribution in [3.8, 4) is 0 Å². The summed E-state index contributed by atoms with van der Waals surface area (Å²) in [6.07, 6.45) is 1.97. The number of hydrogen-bond acceptors (Lipinski definition) is 3. The average Bonchev–Trinajstić information content (AvgIpc) is 2.93. The van der Waals surface area contributed by atoms with Gasteiger partial charge in [0.2, 0.25) is 15.9 Å². The highest BCUT2D eigenvalue weighted by atomic mass is 35.5. The van der Waals surface area contributed by atoms with Gasteiger partial charge in [-0.15, -0.1) is 0 Å². The lowest BCUT2D eigenvalue weighted by molar-refractivity contribution is -0.130. The molecule has 20 heavy (non-hydrogen) atoms. The Morgan fingerprint density at radius 2 is 1.80 bits per heavy atom. The van der Waals surface area contributed by atoms with Crippen LogP contribution in [-0.4, -0.2) is 50.2 Å². The van der Waals surface area contributed by atoms with Crippen LogP contribution < -0.4 is 0 Å². The predicted molar refractivity (Wildman–Crippen MR) is 77.1 cm³/mol. The Morgan fingerprint density at radius 3 is 2.35 bits per heavy atom. The van der Waals surface area contributed by atoms with Gasteiger partial charge in [-0.25, -0.2) is 8.42 Å². The van der Waals surface area contributed by atoms with E-state index in [4.69, 9.17) is 11.6 Å². The lowest BCUT2D eigenvalue weighted by Gasteiger charge is -2.21. The lowest BCUT2D eigenvalue weighted by Crippen LogP contribution is -2.39. The summed E-state index contributed by atoms with van der Waals surface area (Å²) in [6, 6.07) is 5.91. The van der Waals surface area contributed by atoms with Crippen molar-refractivity contribution in [3.05, 3.63) is 29.3 Å². The van der Waals surface area contributed by atoms with Crippen molar-refractivity contribution >= 4 is 27.5 Å². The van der Waals surface area contributed by atoms with Gasteiger partial charge in [-0.1, -0.05) is 11.6 Å². The molecule has 7 heteroatoms. The number of carbonyl (C=O) groups excluding carboxylic acids is 1. The number of rotatable bonds is 4. The van der Waals surface area contributed by atoms with E-state index >= 15 is 0 Å². The van der Waals surface area contributed by atoms with E-state index in [1.807, 2.05) is 0 Å². The van der Waals surface area contributed by atoms with E-state index < -0.39 is 10.0 Å². The number of nitrogens with zero attached hydrogens (tertiary/aromatic N) is 2. The van der Waals surface area contributed by atoms with Gasteiger partial charge in [-0.3, -0.25) is 4.79 Å². The minimum Gasteiger partial charge on any atom is -0.342 e. The molecule has 0 aliphatic carbocycles. The van der Waals surface area contributed by atoms with Gasteiger partial charge < -0.3 is 4.90 Å². The molecule has 1 aliphatic heterocycles. The molecule has 1 amide bonds. The fourth-order valence-corrected chi connectivity index (χ4v) is 3.37. The van der Waals surface area contributed by atoms with Crippen molar-refractivity contribution in [2.45, 2.75) is 17.7 Å². The van der Waals surface area contributed by atoms with E-state index in [2.05, 4.69) is 0 Å². The standard InChI is InChI=1S/C13H17ClN2O3S/c1-15(10-13(17)16-8-2-3-9-16)20(18,19)12-6-4-11(14)5-7-12/h4-7H,2-3,8-10H2,1H3. The molecule has 0 N–H and O–H groups in total. The van der Waals surface area contributed by atoms with E-state index in [9.17, 15) is 13.2 Å². The molecule has 2 rings (SSSR count). The maximum atomic E-state index is 12.3. The molecule has 1 saturated heterocycles. The minimum absolute atomic E-state index is 0.134. The van der Waals surface area contributed by atoms with E-state index in [1.54, 1.807) is 4.90 Å². The number of likely N-dealkylation sites (tertiary alicyclic amines) is 1. The third-order valence-corrected chi connectivity index (χ3v) is 5.41. The zero-order valence-electron chi connectivity index (χ0n) is 11.3. The largest absolute Gasteiger partial charge is 0.342 e. The van der Waals surface area contributed by atoms with Crippen LogP contribution in [0.4, 0.5) is 0 Å². The van der Waals surface area contributed by atoms with E-state index in [0.29, 0.717) is 18.1 Å². The molecule has 0 saturated carbocycles. The first-order valence-corrected chi connectivity index (χ1v) is 8.23. The van der Waals surface area contributed by atoms with Crippen molar-refractivity contribution in [2.24, 2.45) is 0 Å². The number of sulfonamides is 1. The van der Waals surface area contributed by atoms with Crippen LogP contribution in [0.2, 0.25) is 5.02 Å². The molecule has 110 valence electrons. The number of benzene rings is 1. The van der Waals surface area contributed by atoms with Gasteiger partial charge in [0.05, 0.1) is 11.4 Å². The highest BCUT2D eigenvalue weighted by Gasteiger charge is 2.26. The van der Waals surface area contributed by atoms with Crippen LogP contribution >= 0.6 is 11.6 Å². The Balaban J connectivity index is 2.08. The van der Waals surface area contributed by atoms with Crippen molar-refractivity contribution < 1.29 is 13.2 Å². The van der Waals surface area contributed by atoms with Gasteiger partial charge in [0, 0.05) is 25.2 Å². The van der Waals surface area contributed by atoms with E-state index in [1.165, 1.54) is 31.3 Å². The molecule has 0 spiro atoms. The summed E-state index contributed by atoms with van der Waals surface area (Å²) >= 11 is 5.74. The van der Waals surface area contributed by atoms with Crippen molar-refractivity contribution in [2.75, 3.05) is 26.7 Å². The molecule has 0 bridgehead atoms. The van der Waals surface area contributed by atoms with Crippen LogP contribution in [0.5, 0.6) is 0 Å². The molecule has 0 aromatic heterocycles. The van der Waals surface area contributed by atoms with E-state index in [0.717, 1.165) is 17.1 Å². The Kier molecular flexibility index (Phi) is 4.67. The summed E-state index contributed by atoms with van der Waals surface area (Å²) in [5.74, 6) is -0.150. The van der Waals surface area contributed by atoms with Crippen LogP contribution in [0.15, 0.2) is 29.2 Å². The van der Waals surface area contributed by atoms with Crippen LogP contribution in [-0.2, 0) is 14.8 Å². The highest BCUT2D eigenvalue weighted by molar-refractivity contribution is 7.89. The SMILES string of the molecule is CN(CC(=O)N1CCCC1)S(=O)(=O)c1ccc(Cl)cc1. The number of carbonyl (C=O) groups is 1. The highest BCUT2D eigenvalue weighted by Crippen LogP contribution is 2.18. The summed E-state index contributed by atoms with van der Waals surface area (Å²) < 4.78 is 25.7. The summed E-state index contributed by atoms with van der Waals surface area (Å²) in [6.45, 7) is 1.30. The molecule has 1 aromatic rings. The first-order valence-electron chi connectivity index (χ1n) is 6.41. The molecule has 1 aromatic carbocycles. The first kappa shape index (κ1) is 15.3. The Labute approximate surface area is 124 Å². The number of halogens is 1. The van der Waals surface area contributed by atoms with Crippen LogP contribution in [0.3, 0.4) is 0 Å². The second-order valence-corrected chi connectivity index (χ2v) is 7.28. The average molecular weight is 317 g/mol. The van der Waals surface area contributed by atoms with Gasteiger partial charge in [-0.2, -0.15) is 4.31 Å². The quantitative estimate of drug-likeness (QED) is 0.847. The molecular weight excluding hydrogens is 300 g/mol. The van der Waals surface area contributed by atoms with Gasteiger partial charge in [0.25, 0.3) is 0 Å².